The number of hydrogen-bond donors (Lipinski definition) is 0. The first kappa shape index (κ1) is 16.3. The van der Waals surface area contributed by atoms with Gasteiger partial charge in [-0.2, -0.15) is 13.2 Å². The van der Waals surface area contributed by atoms with E-state index in [0.717, 1.165) is 7.11 Å². The Kier molecular flexibility index (Phi) is 5.82. The largest absolute Gasteiger partial charge is 0.491 e. The molecule has 1 aromatic rings. The molecule has 4 nitrogen and oxygen atoms in total. The lowest BCUT2D eigenvalue weighted by molar-refractivity contribution is -0.142. The minimum Gasteiger partial charge on any atom is -0.491 e. The lowest BCUT2D eigenvalue weighted by atomic mass is 10.0. The number of carbonyl (C=O) groups is 1. The molecule has 0 unspecified atom stereocenters. The summed E-state index contributed by atoms with van der Waals surface area (Å²) in [6.07, 6.45) is -5.08. The van der Waals surface area contributed by atoms with E-state index in [4.69, 9.17) is 9.47 Å². The van der Waals surface area contributed by atoms with E-state index in [0.29, 0.717) is 0 Å². The second-order valence-electron chi connectivity index (χ2n) is 3.88. The quantitative estimate of drug-likeness (QED) is 0.597. The molecule has 7 heteroatoms. The van der Waals surface area contributed by atoms with Gasteiger partial charge in [0.1, 0.15) is 17.9 Å². The molecule has 0 bridgehead atoms. The molecule has 20 heavy (non-hydrogen) atoms. The van der Waals surface area contributed by atoms with Crippen LogP contribution in [-0.4, -0.2) is 33.4 Å². The van der Waals surface area contributed by atoms with Gasteiger partial charge in [0.05, 0.1) is 20.1 Å². The van der Waals surface area contributed by atoms with Crippen LogP contribution in [0.5, 0.6) is 5.75 Å². The van der Waals surface area contributed by atoms with E-state index < -0.39 is 24.1 Å². The van der Waals surface area contributed by atoms with Crippen molar-refractivity contribution in [2.24, 2.45) is 0 Å². The molecule has 0 amide bonds. The minimum absolute atomic E-state index is 0.0126. The van der Waals surface area contributed by atoms with Crippen molar-refractivity contribution >= 4 is 5.97 Å². The van der Waals surface area contributed by atoms with Crippen LogP contribution in [0.15, 0.2) is 18.2 Å². The number of carbonyl (C=O) groups excluding carboxylic acids is 1. The summed E-state index contributed by atoms with van der Waals surface area (Å²) in [5, 5.41) is 0. The number of hydrogen-bond acceptors (Lipinski definition) is 4. The van der Waals surface area contributed by atoms with Crippen LogP contribution in [0.2, 0.25) is 0 Å². The molecule has 0 heterocycles. The van der Waals surface area contributed by atoms with Crippen LogP contribution >= 0.6 is 0 Å². The molecular weight excluding hydrogens is 277 g/mol. The van der Waals surface area contributed by atoms with Gasteiger partial charge in [-0.1, -0.05) is 12.1 Å². The Hall–Kier alpha value is -1.76. The van der Waals surface area contributed by atoms with Crippen LogP contribution in [0.1, 0.15) is 11.1 Å². The number of halogens is 3. The van der Waals surface area contributed by atoms with Crippen LogP contribution in [0.4, 0.5) is 13.2 Å². The highest BCUT2D eigenvalue weighted by Gasteiger charge is 2.37. The maximum Gasteiger partial charge on any atom is 0.420 e. The Morgan fingerprint density at radius 3 is 2.45 bits per heavy atom. The summed E-state index contributed by atoms with van der Waals surface area (Å²) in [6, 6.07) is 3.83. The summed E-state index contributed by atoms with van der Waals surface area (Å²) < 4.78 is 53.5. The fourth-order valence-corrected chi connectivity index (χ4v) is 1.63. The number of methoxy groups -OCH3 is 2. The smallest absolute Gasteiger partial charge is 0.420 e. The molecule has 1 aromatic carbocycles. The van der Waals surface area contributed by atoms with Crippen LogP contribution < -0.4 is 4.74 Å². The number of alkyl halides is 3. The topological polar surface area (TPSA) is 44.8 Å². The van der Waals surface area contributed by atoms with Crippen LogP contribution in [0.3, 0.4) is 0 Å². The van der Waals surface area contributed by atoms with Crippen molar-refractivity contribution in [1.82, 2.24) is 0 Å². The second-order valence-corrected chi connectivity index (χ2v) is 3.88. The molecule has 0 fully saturated rings. The lowest BCUT2D eigenvalue weighted by Gasteiger charge is -2.17. The fourth-order valence-electron chi connectivity index (χ4n) is 1.63. The normalized spacial score (nSPS) is 11.2. The Morgan fingerprint density at radius 2 is 1.90 bits per heavy atom. The molecule has 0 radical (unpaired) electrons. The van der Waals surface area contributed by atoms with Crippen molar-refractivity contribution in [3.63, 3.8) is 0 Å². The van der Waals surface area contributed by atoms with E-state index in [9.17, 15) is 18.0 Å². The monoisotopic (exact) mass is 292 g/mol. The highest BCUT2D eigenvalue weighted by atomic mass is 19.4. The zero-order valence-corrected chi connectivity index (χ0v) is 11.1. The van der Waals surface area contributed by atoms with E-state index >= 15 is 0 Å². The first-order valence-electron chi connectivity index (χ1n) is 5.77. The zero-order valence-electron chi connectivity index (χ0n) is 11.1. The van der Waals surface area contributed by atoms with Crippen molar-refractivity contribution in [2.45, 2.75) is 12.6 Å². The van der Waals surface area contributed by atoms with E-state index in [2.05, 4.69) is 4.74 Å². The molecule has 0 N–H and O–H groups in total. The fraction of sp³-hybridized carbons (Fsp3) is 0.462. The standard InChI is InChI=1S/C13H15F3O4/c1-18-6-7-20-10-5-3-4-9(8-11(17)19-2)12(10)13(14,15)16/h3-5H,6-8H2,1-2H3. The Morgan fingerprint density at radius 1 is 1.20 bits per heavy atom. The van der Waals surface area contributed by atoms with Gasteiger partial charge in [0, 0.05) is 7.11 Å². The van der Waals surface area contributed by atoms with Crippen molar-refractivity contribution in [3.05, 3.63) is 29.3 Å². The average Bonchev–Trinajstić information content (AvgIpc) is 2.37. The number of benzene rings is 1. The van der Waals surface area contributed by atoms with Crippen LogP contribution in [-0.2, 0) is 26.9 Å². The molecule has 0 saturated heterocycles. The predicted molar refractivity (Wildman–Crippen MR) is 64.5 cm³/mol. The SMILES string of the molecule is COCCOc1cccc(CC(=O)OC)c1C(F)(F)F. The molecule has 1 rings (SSSR count). The molecule has 0 atom stereocenters. The Labute approximate surface area is 114 Å². The summed E-state index contributed by atoms with van der Waals surface area (Å²) >= 11 is 0. The molecular formula is C13H15F3O4. The number of esters is 1. The first-order valence-corrected chi connectivity index (χ1v) is 5.77. The van der Waals surface area contributed by atoms with Crippen molar-refractivity contribution in [1.29, 1.82) is 0 Å². The number of ether oxygens (including phenoxy) is 3. The summed E-state index contributed by atoms with van der Waals surface area (Å²) in [5.41, 5.74) is -1.14. The van der Waals surface area contributed by atoms with Gasteiger partial charge in [0.15, 0.2) is 0 Å². The van der Waals surface area contributed by atoms with Crippen molar-refractivity contribution < 1.29 is 32.2 Å². The molecule has 0 saturated carbocycles. The Balaban J connectivity index is 3.10. The average molecular weight is 292 g/mol. The molecule has 0 aliphatic carbocycles. The van der Waals surface area contributed by atoms with Crippen molar-refractivity contribution in [2.75, 3.05) is 27.4 Å². The third kappa shape index (κ3) is 4.41. The third-order valence-electron chi connectivity index (χ3n) is 2.50. The summed E-state index contributed by atoms with van der Waals surface area (Å²) in [5.74, 6) is -1.07. The minimum atomic E-state index is -4.62. The second kappa shape index (κ2) is 7.14. The first-order chi connectivity index (χ1) is 9.40. The summed E-state index contributed by atoms with van der Waals surface area (Å²) in [7, 11) is 2.54. The van der Waals surface area contributed by atoms with Gasteiger partial charge in [-0.25, -0.2) is 0 Å². The molecule has 112 valence electrons. The number of rotatable bonds is 6. The highest BCUT2D eigenvalue weighted by Crippen LogP contribution is 2.39. The molecule has 0 aliphatic heterocycles. The maximum absolute atomic E-state index is 13.1. The third-order valence-corrected chi connectivity index (χ3v) is 2.50. The van der Waals surface area contributed by atoms with Gasteiger partial charge in [-0.15, -0.1) is 0 Å². The van der Waals surface area contributed by atoms with E-state index in [-0.39, 0.29) is 24.5 Å². The van der Waals surface area contributed by atoms with E-state index in [1.54, 1.807) is 0 Å². The van der Waals surface area contributed by atoms with Gasteiger partial charge in [-0.3, -0.25) is 4.79 Å². The van der Waals surface area contributed by atoms with Gasteiger partial charge in [0.25, 0.3) is 0 Å². The molecule has 0 aliphatic rings. The van der Waals surface area contributed by atoms with Gasteiger partial charge >= 0.3 is 12.1 Å². The van der Waals surface area contributed by atoms with Crippen LogP contribution in [0, 0.1) is 0 Å². The summed E-state index contributed by atoms with van der Waals surface area (Å²) in [6.45, 7) is 0.153. The van der Waals surface area contributed by atoms with Gasteiger partial charge in [0.2, 0.25) is 0 Å². The Bertz CT molecular complexity index is 457. The zero-order chi connectivity index (χ0) is 15.2. The van der Waals surface area contributed by atoms with Crippen molar-refractivity contribution in [3.8, 4) is 5.75 Å². The lowest BCUT2D eigenvalue weighted by Crippen LogP contribution is -2.16. The maximum atomic E-state index is 13.1. The van der Waals surface area contributed by atoms with Crippen LogP contribution in [0.25, 0.3) is 0 Å². The van der Waals surface area contributed by atoms with E-state index in [1.165, 1.54) is 25.3 Å². The van der Waals surface area contributed by atoms with Gasteiger partial charge in [-0.05, 0) is 11.6 Å². The highest BCUT2D eigenvalue weighted by molar-refractivity contribution is 5.73. The summed E-state index contributed by atoms with van der Waals surface area (Å²) in [4.78, 5) is 11.2. The molecule has 0 spiro atoms. The predicted octanol–water partition coefficient (Wildman–Crippen LogP) is 2.45. The van der Waals surface area contributed by atoms with Gasteiger partial charge < -0.3 is 14.2 Å². The van der Waals surface area contributed by atoms with E-state index in [1.807, 2.05) is 0 Å². The molecule has 0 aromatic heterocycles.